The van der Waals surface area contributed by atoms with Gasteiger partial charge in [0.05, 0.1) is 24.3 Å². The van der Waals surface area contributed by atoms with Crippen LogP contribution in [-0.4, -0.2) is 23.8 Å². The fourth-order valence-electron chi connectivity index (χ4n) is 1.25. The number of aryl methyl sites for hydroxylation is 1. The minimum atomic E-state index is -0.398. The number of anilines is 1. The first-order valence-corrected chi connectivity index (χ1v) is 5.26. The van der Waals surface area contributed by atoms with Crippen LogP contribution in [0.4, 0.5) is 10.5 Å². The lowest BCUT2D eigenvalue weighted by atomic mass is 10.1. The standard InChI is InChI=1S/C12H15N3O2/c1-8-3-4-10(6-13)5-11(8)15-12(17)14-9(2)7-16/h3-5,9,16H,7H2,1-2H3,(H2,14,15,17). The summed E-state index contributed by atoms with van der Waals surface area (Å²) >= 11 is 0. The highest BCUT2D eigenvalue weighted by atomic mass is 16.3. The second-order valence-electron chi connectivity index (χ2n) is 3.82. The predicted octanol–water partition coefficient (Wildman–Crippen LogP) is 1.37. The third-order valence-electron chi connectivity index (χ3n) is 2.27. The molecule has 3 N–H and O–H groups in total. The number of urea groups is 1. The third-order valence-corrected chi connectivity index (χ3v) is 2.27. The molecule has 0 aliphatic heterocycles. The number of nitrogens with one attached hydrogen (secondary N) is 2. The van der Waals surface area contributed by atoms with Gasteiger partial charge < -0.3 is 15.7 Å². The van der Waals surface area contributed by atoms with Crippen molar-refractivity contribution in [2.24, 2.45) is 0 Å². The molecule has 5 heteroatoms. The van der Waals surface area contributed by atoms with Crippen molar-refractivity contribution in [2.45, 2.75) is 19.9 Å². The van der Waals surface area contributed by atoms with Crippen LogP contribution in [0.5, 0.6) is 0 Å². The molecule has 1 atom stereocenters. The lowest BCUT2D eigenvalue weighted by Gasteiger charge is -2.13. The number of nitrogens with zero attached hydrogens (tertiary/aromatic N) is 1. The van der Waals surface area contributed by atoms with E-state index < -0.39 is 6.03 Å². The molecular weight excluding hydrogens is 218 g/mol. The van der Waals surface area contributed by atoms with E-state index in [2.05, 4.69) is 10.6 Å². The number of amides is 2. The maximum Gasteiger partial charge on any atom is 0.319 e. The Bertz CT molecular complexity index is 452. The minimum Gasteiger partial charge on any atom is -0.394 e. The third kappa shape index (κ3) is 3.78. The zero-order valence-corrected chi connectivity index (χ0v) is 9.82. The van der Waals surface area contributed by atoms with Gasteiger partial charge in [-0.15, -0.1) is 0 Å². The SMILES string of the molecule is Cc1ccc(C#N)cc1NC(=O)NC(C)CO. The molecule has 1 aromatic rings. The highest BCUT2D eigenvalue weighted by Gasteiger charge is 2.08. The maximum absolute atomic E-state index is 11.5. The average molecular weight is 233 g/mol. The summed E-state index contributed by atoms with van der Waals surface area (Å²) in [5.41, 5.74) is 1.95. The van der Waals surface area contributed by atoms with E-state index >= 15 is 0 Å². The molecule has 0 bridgehead atoms. The zero-order chi connectivity index (χ0) is 12.8. The zero-order valence-electron chi connectivity index (χ0n) is 9.82. The normalized spacial score (nSPS) is 11.4. The van der Waals surface area contributed by atoms with Crippen molar-refractivity contribution in [3.05, 3.63) is 29.3 Å². The van der Waals surface area contributed by atoms with Crippen molar-refractivity contribution in [1.82, 2.24) is 5.32 Å². The van der Waals surface area contributed by atoms with Gasteiger partial charge in [0.25, 0.3) is 0 Å². The maximum atomic E-state index is 11.5. The van der Waals surface area contributed by atoms with E-state index in [1.54, 1.807) is 25.1 Å². The van der Waals surface area contributed by atoms with Gasteiger partial charge >= 0.3 is 6.03 Å². The summed E-state index contributed by atoms with van der Waals surface area (Å²) in [5, 5.41) is 22.8. The predicted molar refractivity (Wildman–Crippen MR) is 64.6 cm³/mol. The first-order chi connectivity index (χ1) is 8.06. The van der Waals surface area contributed by atoms with Gasteiger partial charge in [0.15, 0.2) is 0 Å². The number of carbonyl (C=O) groups excluding carboxylic acids is 1. The monoisotopic (exact) mass is 233 g/mol. The summed E-state index contributed by atoms with van der Waals surface area (Å²) in [5.74, 6) is 0. The Kier molecular flexibility index (Phi) is 4.49. The van der Waals surface area contributed by atoms with E-state index in [1.165, 1.54) is 0 Å². The molecule has 1 rings (SSSR count). The largest absolute Gasteiger partial charge is 0.394 e. The molecule has 1 aromatic carbocycles. The summed E-state index contributed by atoms with van der Waals surface area (Å²) in [6.07, 6.45) is 0. The van der Waals surface area contributed by atoms with E-state index in [0.717, 1.165) is 5.56 Å². The molecule has 0 aliphatic rings. The van der Waals surface area contributed by atoms with Crippen LogP contribution in [-0.2, 0) is 0 Å². The van der Waals surface area contributed by atoms with Gasteiger partial charge in [-0.2, -0.15) is 5.26 Å². The Morgan fingerprint density at radius 2 is 2.29 bits per heavy atom. The van der Waals surface area contributed by atoms with Gasteiger partial charge in [-0.05, 0) is 31.5 Å². The second kappa shape index (κ2) is 5.87. The number of hydrogen-bond donors (Lipinski definition) is 3. The topological polar surface area (TPSA) is 85.2 Å². The molecule has 1 unspecified atom stereocenters. The second-order valence-corrected chi connectivity index (χ2v) is 3.82. The van der Waals surface area contributed by atoms with E-state index in [1.807, 2.05) is 13.0 Å². The van der Waals surface area contributed by atoms with Gasteiger partial charge in [-0.1, -0.05) is 6.07 Å². The van der Waals surface area contributed by atoms with E-state index in [4.69, 9.17) is 10.4 Å². The Morgan fingerprint density at radius 1 is 1.59 bits per heavy atom. The van der Waals surface area contributed by atoms with E-state index in [0.29, 0.717) is 11.3 Å². The van der Waals surface area contributed by atoms with Crippen LogP contribution < -0.4 is 10.6 Å². The van der Waals surface area contributed by atoms with Crippen molar-refractivity contribution in [3.63, 3.8) is 0 Å². The first-order valence-electron chi connectivity index (χ1n) is 5.26. The molecule has 90 valence electrons. The molecule has 0 saturated carbocycles. The van der Waals surface area contributed by atoms with Crippen molar-refractivity contribution < 1.29 is 9.90 Å². The van der Waals surface area contributed by atoms with Crippen LogP contribution in [0.2, 0.25) is 0 Å². The average Bonchev–Trinajstić information content (AvgIpc) is 2.31. The molecule has 17 heavy (non-hydrogen) atoms. The molecule has 0 spiro atoms. The fraction of sp³-hybridized carbons (Fsp3) is 0.333. The lowest BCUT2D eigenvalue weighted by Crippen LogP contribution is -2.38. The number of hydrogen-bond acceptors (Lipinski definition) is 3. The summed E-state index contributed by atoms with van der Waals surface area (Å²) in [7, 11) is 0. The number of aliphatic hydroxyl groups is 1. The molecule has 0 aliphatic carbocycles. The number of carbonyl (C=O) groups is 1. The van der Waals surface area contributed by atoms with Gasteiger partial charge in [0, 0.05) is 5.69 Å². The molecule has 0 fully saturated rings. The van der Waals surface area contributed by atoms with Gasteiger partial charge in [0.2, 0.25) is 0 Å². The lowest BCUT2D eigenvalue weighted by molar-refractivity contribution is 0.229. The minimum absolute atomic E-state index is 0.120. The Balaban J connectivity index is 2.74. The smallest absolute Gasteiger partial charge is 0.319 e. The highest BCUT2D eigenvalue weighted by Crippen LogP contribution is 2.16. The van der Waals surface area contributed by atoms with Crippen molar-refractivity contribution in [2.75, 3.05) is 11.9 Å². The number of aliphatic hydroxyl groups excluding tert-OH is 1. The number of benzene rings is 1. The summed E-state index contributed by atoms with van der Waals surface area (Å²) in [6.45, 7) is 3.41. The quantitative estimate of drug-likeness (QED) is 0.737. The molecule has 0 radical (unpaired) electrons. The van der Waals surface area contributed by atoms with Gasteiger partial charge in [-0.3, -0.25) is 0 Å². The summed E-state index contributed by atoms with van der Waals surface area (Å²) in [4.78, 5) is 11.5. The van der Waals surface area contributed by atoms with E-state index in [-0.39, 0.29) is 12.6 Å². The van der Waals surface area contributed by atoms with Crippen LogP contribution in [0, 0.1) is 18.3 Å². The first kappa shape index (κ1) is 13.0. The summed E-state index contributed by atoms with van der Waals surface area (Å²) in [6, 6.07) is 6.37. The van der Waals surface area contributed by atoms with Gasteiger partial charge in [-0.25, -0.2) is 4.79 Å². The van der Waals surface area contributed by atoms with Crippen molar-refractivity contribution >= 4 is 11.7 Å². The molecule has 5 nitrogen and oxygen atoms in total. The molecule has 0 saturated heterocycles. The van der Waals surface area contributed by atoms with Crippen molar-refractivity contribution in [1.29, 1.82) is 5.26 Å². The van der Waals surface area contributed by atoms with E-state index in [9.17, 15) is 4.79 Å². The molecular formula is C12H15N3O2. The Morgan fingerprint density at radius 3 is 2.88 bits per heavy atom. The Hall–Kier alpha value is -2.06. The fourth-order valence-corrected chi connectivity index (χ4v) is 1.25. The van der Waals surface area contributed by atoms with Crippen LogP contribution in [0.15, 0.2) is 18.2 Å². The summed E-state index contributed by atoms with van der Waals surface area (Å²) < 4.78 is 0. The highest BCUT2D eigenvalue weighted by molar-refractivity contribution is 5.90. The Labute approximate surface area is 100 Å². The number of rotatable bonds is 3. The molecule has 0 aromatic heterocycles. The molecule has 2 amide bonds. The van der Waals surface area contributed by atoms with Crippen LogP contribution in [0.1, 0.15) is 18.1 Å². The van der Waals surface area contributed by atoms with Crippen LogP contribution >= 0.6 is 0 Å². The number of nitriles is 1. The van der Waals surface area contributed by atoms with Crippen LogP contribution in [0.3, 0.4) is 0 Å². The van der Waals surface area contributed by atoms with Gasteiger partial charge in [0.1, 0.15) is 0 Å². The molecule has 0 heterocycles. The van der Waals surface area contributed by atoms with Crippen LogP contribution in [0.25, 0.3) is 0 Å². The van der Waals surface area contributed by atoms with Crippen molar-refractivity contribution in [3.8, 4) is 6.07 Å².